The van der Waals surface area contributed by atoms with Crippen LogP contribution in [0.2, 0.25) is 5.02 Å². The number of hydrogen-bond acceptors (Lipinski definition) is 1. The van der Waals surface area contributed by atoms with E-state index in [4.69, 9.17) is 11.6 Å². The van der Waals surface area contributed by atoms with Gasteiger partial charge in [0.25, 0.3) is 0 Å². The molecule has 0 amide bonds. The average molecular weight is 298 g/mol. The van der Waals surface area contributed by atoms with Crippen LogP contribution in [0.25, 0.3) is 0 Å². The van der Waals surface area contributed by atoms with Crippen LogP contribution >= 0.6 is 11.6 Å². The van der Waals surface area contributed by atoms with Gasteiger partial charge in [-0.2, -0.15) is 0 Å². The predicted molar refractivity (Wildman–Crippen MR) is 83.7 cm³/mol. The van der Waals surface area contributed by atoms with Gasteiger partial charge in [-0.15, -0.1) is 0 Å². The van der Waals surface area contributed by atoms with Gasteiger partial charge in [0.2, 0.25) is 0 Å². The van der Waals surface area contributed by atoms with Crippen molar-refractivity contribution in [2.45, 2.75) is 52.0 Å². The highest BCUT2D eigenvalue weighted by molar-refractivity contribution is 6.30. The molecule has 0 aromatic heterocycles. The SMILES string of the molecule is CC(C)NCC(Cc1ccc(Cl)cc1F)C1CCCC1. The molecule has 1 fully saturated rings. The van der Waals surface area contributed by atoms with Gasteiger partial charge in [0.15, 0.2) is 0 Å². The molecule has 20 heavy (non-hydrogen) atoms. The molecule has 1 atom stereocenters. The molecular formula is C17H25ClFN. The van der Waals surface area contributed by atoms with E-state index >= 15 is 0 Å². The summed E-state index contributed by atoms with van der Waals surface area (Å²) in [5.74, 6) is 1.09. The highest BCUT2D eigenvalue weighted by atomic mass is 35.5. The second-order valence-corrected chi connectivity index (χ2v) is 6.74. The minimum atomic E-state index is -0.162. The monoisotopic (exact) mass is 297 g/mol. The summed E-state index contributed by atoms with van der Waals surface area (Å²) in [7, 11) is 0. The van der Waals surface area contributed by atoms with Gasteiger partial charge < -0.3 is 5.32 Å². The highest BCUT2D eigenvalue weighted by Gasteiger charge is 2.26. The van der Waals surface area contributed by atoms with E-state index < -0.39 is 0 Å². The normalized spacial score (nSPS) is 17.9. The Hall–Kier alpha value is -0.600. The minimum absolute atomic E-state index is 0.162. The summed E-state index contributed by atoms with van der Waals surface area (Å²) in [6.45, 7) is 5.30. The highest BCUT2D eigenvalue weighted by Crippen LogP contribution is 2.33. The molecule has 0 bridgehead atoms. The third-order valence-electron chi connectivity index (χ3n) is 4.35. The summed E-state index contributed by atoms with van der Waals surface area (Å²) < 4.78 is 14.0. The van der Waals surface area contributed by atoms with Crippen LogP contribution in [-0.4, -0.2) is 12.6 Å². The first-order valence-electron chi connectivity index (χ1n) is 7.73. The van der Waals surface area contributed by atoms with E-state index in [0.29, 0.717) is 17.0 Å². The zero-order valence-electron chi connectivity index (χ0n) is 12.5. The lowest BCUT2D eigenvalue weighted by Crippen LogP contribution is -2.33. The van der Waals surface area contributed by atoms with Crippen LogP contribution in [0.3, 0.4) is 0 Å². The molecule has 0 aliphatic heterocycles. The van der Waals surface area contributed by atoms with Crippen molar-refractivity contribution in [3.8, 4) is 0 Å². The lowest BCUT2D eigenvalue weighted by molar-refractivity contribution is 0.310. The van der Waals surface area contributed by atoms with Crippen LogP contribution in [0.5, 0.6) is 0 Å². The maximum Gasteiger partial charge on any atom is 0.127 e. The Morgan fingerprint density at radius 2 is 2.00 bits per heavy atom. The van der Waals surface area contributed by atoms with Crippen molar-refractivity contribution in [2.75, 3.05) is 6.54 Å². The van der Waals surface area contributed by atoms with Crippen LogP contribution < -0.4 is 5.32 Å². The average Bonchev–Trinajstić information content (AvgIpc) is 2.90. The molecule has 1 nitrogen and oxygen atoms in total. The van der Waals surface area contributed by atoms with E-state index in [1.807, 2.05) is 6.07 Å². The van der Waals surface area contributed by atoms with Gasteiger partial charge in [-0.1, -0.05) is 57.2 Å². The maximum atomic E-state index is 14.0. The van der Waals surface area contributed by atoms with Gasteiger partial charge in [-0.05, 0) is 42.5 Å². The molecule has 1 aromatic carbocycles. The van der Waals surface area contributed by atoms with Crippen LogP contribution in [0.1, 0.15) is 45.1 Å². The number of halogens is 2. The molecule has 0 spiro atoms. The number of rotatable bonds is 6. The molecule has 2 rings (SSSR count). The van der Waals surface area contributed by atoms with Crippen molar-refractivity contribution in [1.82, 2.24) is 5.32 Å². The second-order valence-electron chi connectivity index (χ2n) is 6.31. The maximum absolute atomic E-state index is 14.0. The predicted octanol–water partition coefficient (Wildman–Crippen LogP) is 4.83. The topological polar surface area (TPSA) is 12.0 Å². The molecule has 1 aromatic rings. The molecule has 1 saturated carbocycles. The molecule has 1 aliphatic rings. The fourth-order valence-corrected chi connectivity index (χ4v) is 3.35. The molecule has 0 radical (unpaired) electrons. The molecule has 1 unspecified atom stereocenters. The Kier molecular flexibility index (Phi) is 5.86. The summed E-state index contributed by atoms with van der Waals surface area (Å²) in [6, 6.07) is 5.55. The zero-order chi connectivity index (χ0) is 14.5. The molecular weight excluding hydrogens is 273 g/mol. The smallest absolute Gasteiger partial charge is 0.127 e. The molecule has 0 heterocycles. The number of hydrogen-bond donors (Lipinski definition) is 1. The van der Waals surface area contributed by atoms with Crippen molar-refractivity contribution >= 4 is 11.6 Å². The molecule has 3 heteroatoms. The lowest BCUT2D eigenvalue weighted by atomic mass is 9.85. The van der Waals surface area contributed by atoms with Gasteiger partial charge in [-0.25, -0.2) is 4.39 Å². The van der Waals surface area contributed by atoms with Crippen molar-refractivity contribution in [1.29, 1.82) is 0 Å². The summed E-state index contributed by atoms with van der Waals surface area (Å²) in [4.78, 5) is 0. The summed E-state index contributed by atoms with van der Waals surface area (Å²) in [5.41, 5.74) is 0.803. The lowest BCUT2D eigenvalue weighted by Gasteiger charge is -2.25. The summed E-state index contributed by atoms with van der Waals surface area (Å²) in [6.07, 6.45) is 6.05. The van der Waals surface area contributed by atoms with E-state index in [-0.39, 0.29) is 5.82 Å². The Morgan fingerprint density at radius 3 is 2.60 bits per heavy atom. The largest absolute Gasteiger partial charge is 0.314 e. The molecule has 1 aliphatic carbocycles. The van der Waals surface area contributed by atoms with E-state index in [1.54, 1.807) is 6.07 Å². The van der Waals surface area contributed by atoms with Gasteiger partial charge in [-0.3, -0.25) is 0 Å². The van der Waals surface area contributed by atoms with Crippen LogP contribution in [-0.2, 0) is 6.42 Å². The summed E-state index contributed by atoms with van der Waals surface area (Å²) >= 11 is 5.83. The van der Waals surface area contributed by atoms with Crippen molar-refractivity contribution in [3.05, 3.63) is 34.6 Å². The third kappa shape index (κ3) is 4.46. The molecule has 1 N–H and O–H groups in total. The van der Waals surface area contributed by atoms with Crippen molar-refractivity contribution in [2.24, 2.45) is 11.8 Å². The Bertz CT molecular complexity index is 427. The first-order valence-corrected chi connectivity index (χ1v) is 8.11. The second kappa shape index (κ2) is 7.42. The van der Waals surface area contributed by atoms with Crippen LogP contribution in [0, 0.1) is 17.7 Å². The van der Waals surface area contributed by atoms with E-state index in [0.717, 1.165) is 24.4 Å². The fourth-order valence-electron chi connectivity index (χ4n) is 3.19. The van der Waals surface area contributed by atoms with E-state index in [1.165, 1.54) is 31.7 Å². The molecule has 0 saturated heterocycles. The Balaban J connectivity index is 2.05. The van der Waals surface area contributed by atoms with Gasteiger partial charge in [0, 0.05) is 11.1 Å². The standard InChI is InChI=1S/C17H25ClFN/c1-12(2)20-11-15(13-5-3-4-6-13)9-14-7-8-16(18)10-17(14)19/h7-8,10,12-13,15,20H,3-6,9,11H2,1-2H3. The number of benzene rings is 1. The quantitative estimate of drug-likeness (QED) is 0.793. The van der Waals surface area contributed by atoms with Gasteiger partial charge in [0.1, 0.15) is 5.82 Å². The van der Waals surface area contributed by atoms with Crippen LogP contribution in [0.4, 0.5) is 4.39 Å². The minimum Gasteiger partial charge on any atom is -0.314 e. The fraction of sp³-hybridized carbons (Fsp3) is 0.647. The van der Waals surface area contributed by atoms with E-state index in [2.05, 4.69) is 19.2 Å². The summed E-state index contributed by atoms with van der Waals surface area (Å²) in [5, 5.41) is 4.00. The molecule has 112 valence electrons. The Labute approximate surface area is 126 Å². The van der Waals surface area contributed by atoms with Crippen LogP contribution in [0.15, 0.2) is 18.2 Å². The van der Waals surface area contributed by atoms with Crippen molar-refractivity contribution in [3.63, 3.8) is 0 Å². The first kappa shape index (κ1) is 15.8. The zero-order valence-corrected chi connectivity index (χ0v) is 13.2. The van der Waals surface area contributed by atoms with Crippen molar-refractivity contribution < 1.29 is 4.39 Å². The Morgan fingerprint density at radius 1 is 1.30 bits per heavy atom. The van der Waals surface area contributed by atoms with Gasteiger partial charge >= 0.3 is 0 Å². The number of nitrogens with one attached hydrogen (secondary N) is 1. The third-order valence-corrected chi connectivity index (χ3v) is 4.59. The first-order chi connectivity index (χ1) is 9.56. The van der Waals surface area contributed by atoms with E-state index in [9.17, 15) is 4.39 Å². The van der Waals surface area contributed by atoms with Gasteiger partial charge in [0.05, 0.1) is 0 Å².